The highest BCUT2D eigenvalue weighted by molar-refractivity contribution is 6.30. The van der Waals surface area contributed by atoms with E-state index in [9.17, 15) is 0 Å². The summed E-state index contributed by atoms with van der Waals surface area (Å²) < 4.78 is 5.25. The van der Waals surface area contributed by atoms with Gasteiger partial charge in [0.05, 0.1) is 7.11 Å². The van der Waals surface area contributed by atoms with Crippen LogP contribution in [0.25, 0.3) is 0 Å². The quantitative estimate of drug-likeness (QED) is 0.882. The summed E-state index contributed by atoms with van der Waals surface area (Å²) in [6.07, 6.45) is 0. The topological polar surface area (TPSA) is 21.3 Å². The molecule has 100 valence electrons. The second kappa shape index (κ2) is 5.98. The van der Waals surface area contributed by atoms with Gasteiger partial charge in [-0.3, -0.25) is 0 Å². The number of hydrogen-bond donors (Lipinski definition) is 1. The van der Waals surface area contributed by atoms with E-state index >= 15 is 0 Å². The molecule has 0 radical (unpaired) electrons. The van der Waals surface area contributed by atoms with Gasteiger partial charge in [-0.05, 0) is 60.9 Å². The molecule has 3 heteroatoms. The smallest absolute Gasteiger partial charge is 0.121 e. The molecule has 0 aromatic heterocycles. The lowest BCUT2D eigenvalue weighted by Crippen LogP contribution is -2.01. The van der Waals surface area contributed by atoms with Crippen molar-refractivity contribution in [2.24, 2.45) is 0 Å². The number of rotatable bonds is 4. The minimum absolute atomic E-state index is 0.779. The van der Waals surface area contributed by atoms with E-state index in [1.165, 1.54) is 11.1 Å². The zero-order valence-corrected chi connectivity index (χ0v) is 12.2. The number of aryl methyl sites for hydroxylation is 2. The Morgan fingerprint density at radius 2 is 1.84 bits per heavy atom. The summed E-state index contributed by atoms with van der Waals surface area (Å²) in [5, 5.41) is 4.19. The van der Waals surface area contributed by atoms with Crippen LogP contribution in [0.2, 0.25) is 5.02 Å². The Kier molecular flexibility index (Phi) is 4.33. The first-order chi connectivity index (χ1) is 9.10. The standard InChI is InChI=1S/C16H18ClNO/c1-11-8-14(17)5-4-13(11)10-18-15-6-7-16(19-3)12(2)9-15/h4-9,18H,10H2,1-3H3. The summed E-state index contributed by atoms with van der Waals surface area (Å²) in [6.45, 7) is 4.90. The summed E-state index contributed by atoms with van der Waals surface area (Å²) in [7, 11) is 1.69. The molecule has 19 heavy (non-hydrogen) atoms. The second-order valence-electron chi connectivity index (χ2n) is 4.61. The molecular weight excluding hydrogens is 258 g/mol. The Balaban J connectivity index is 2.08. The first-order valence-electron chi connectivity index (χ1n) is 6.23. The van der Waals surface area contributed by atoms with Crippen LogP contribution < -0.4 is 10.1 Å². The molecule has 0 aliphatic carbocycles. The molecule has 2 rings (SSSR count). The van der Waals surface area contributed by atoms with Gasteiger partial charge < -0.3 is 10.1 Å². The minimum Gasteiger partial charge on any atom is -0.496 e. The predicted octanol–water partition coefficient (Wildman–Crippen LogP) is 4.58. The van der Waals surface area contributed by atoms with E-state index in [2.05, 4.69) is 24.4 Å². The highest BCUT2D eigenvalue weighted by Crippen LogP contribution is 2.22. The maximum absolute atomic E-state index is 5.95. The summed E-state index contributed by atoms with van der Waals surface area (Å²) in [5.41, 5.74) is 4.66. The highest BCUT2D eigenvalue weighted by Gasteiger charge is 2.02. The van der Waals surface area contributed by atoms with Gasteiger partial charge in [0.2, 0.25) is 0 Å². The third-order valence-electron chi connectivity index (χ3n) is 3.18. The summed E-state index contributed by atoms with van der Waals surface area (Å²) in [4.78, 5) is 0. The third kappa shape index (κ3) is 3.42. The van der Waals surface area contributed by atoms with Crippen LogP contribution in [0, 0.1) is 13.8 Å². The summed E-state index contributed by atoms with van der Waals surface area (Å²) >= 11 is 5.95. The minimum atomic E-state index is 0.779. The van der Waals surface area contributed by atoms with Gasteiger partial charge in [-0.1, -0.05) is 17.7 Å². The highest BCUT2D eigenvalue weighted by atomic mass is 35.5. The fraction of sp³-hybridized carbons (Fsp3) is 0.250. The van der Waals surface area contributed by atoms with Crippen molar-refractivity contribution >= 4 is 17.3 Å². The van der Waals surface area contributed by atoms with Crippen LogP contribution in [0.4, 0.5) is 5.69 Å². The molecule has 2 aromatic rings. The van der Waals surface area contributed by atoms with Gasteiger partial charge in [-0.15, -0.1) is 0 Å². The Labute approximate surface area is 119 Å². The summed E-state index contributed by atoms with van der Waals surface area (Å²) in [5.74, 6) is 0.910. The molecule has 0 saturated heterocycles. The second-order valence-corrected chi connectivity index (χ2v) is 5.05. The van der Waals surface area contributed by atoms with Gasteiger partial charge in [0.15, 0.2) is 0 Å². The van der Waals surface area contributed by atoms with E-state index in [4.69, 9.17) is 16.3 Å². The van der Waals surface area contributed by atoms with Crippen molar-refractivity contribution in [3.05, 3.63) is 58.1 Å². The number of benzene rings is 2. The van der Waals surface area contributed by atoms with Crippen LogP contribution >= 0.6 is 11.6 Å². The third-order valence-corrected chi connectivity index (χ3v) is 3.42. The number of methoxy groups -OCH3 is 1. The van der Waals surface area contributed by atoms with Crippen molar-refractivity contribution in [2.75, 3.05) is 12.4 Å². The zero-order chi connectivity index (χ0) is 13.8. The maximum atomic E-state index is 5.95. The fourth-order valence-corrected chi connectivity index (χ4v) is 2.27. The lowest BCUT2D eigenvalue weighted by molar-refractivity contribution is 0.412. The zero-order valence-electron chi connectivity index (χ0n) is 11.5. The van der Waals surface area contributed by atoms with Crippen LogP contribution in [0.5, 0.6) is 5.75 Å². The molecule has 0 aliphatic rings. The molecule has 0 spiro atoms. The Morgan fingerprint density at radius 1 is 1.05 bits per heavy atom. The number of halogens is 1. The van der Waals surface area contributed by atoms with E-state index in [0.717, 1.165) is 28.6 Å². The maximum Gasteiger partial charge on any atom is 0.121 e. The van der Waals surface area contributed by atoms with E-state index in [1.54, 1.807) is 7.11 Å². The van der Waals surface area contributed by atoms with Crippen molar-refractivity contribution in [2.45, 2.75) is 20.4 Å². The van der Waals surface area contributed by atoms with E-state index in [0.29, 0.717) is 0 Å². The van der Waals surface area contributed by atoms with E-state index in [1.807, 2.05) is 31.2 Å². The van der Waals surface area contributed by atoms with Crippen LogP contribution in [-0.2, 0) is 6.54 Å². The lowest BCUT2D eigenvalue weighted by Gasteiger charge is -2.11. The molecule has 0 amide bonds. The van der Waals surface area contributed by atoms with Crippen LogP contribution in [0.15, 0.2) is 36.4 Å². The molecule has 0 bridgehead atoms. The van der Waals surface area contributed by atoms with Gasteiger partial charge in [0.25, 0.3) is 0 Å². The molecule has 2 nitrogen and oxygen atoms in total. The number of nitrogens with one attached hydrogen (secondary N) is 1. The van der Waals surface area contributed by atoms with Crippen molar-refractivity contribution in [1.82, 2.24) is 0 Å². The molecule has 1 N–H and O–H groups in total. The lowest BCUT2D eigenvalue weighted by atomic mass is 10.1. The SMILES string of the molecule is COc1ccc(NCc2ccc(Cl)cc2C)cc1C. The average molecular weight is 276 g/mol. The monoisotopic (exact) mass is 275 g/mol. The largest absolute Gasteiger partial charge is 0.496 e. The molecule has 0 saturated carbocycles. The summed E-state index contributed by atoms with van der Waals surface area (Å²) in [6, 6.07) is 12.1. The first kappa shape index (κ1) is 13.8. The Hall–Kier alpha value is -1.67. The van der Waals surface area contributed by atoms with Crippen LogP contribution in [0.1, 0.15) is 16.7 Å². The molecule has 0 fully saturated rings. The van der Waals surface area contributed by atoms with Crippen molar-refractivity contribution in [3.8, 4) is 5.75 Å². The number of anilines is 1. The Bertz CT molecular complexity index is 581. The van der Waals surface area contributed by atoms with Crippen molar-refractivity contribution < 1.29 is 4.74 Å². The molecule has 0 atom stereocenters. The van der Waals surface area contributed by atoms with Crippen LogP contribution in [-0.4, -0.2) is 7.11 Å². The number of ether oxygens (including phenoxy) is 1. The predicted molar refractivity (Wildman–Crippen MR) is 81.2 cm³/mol. The van der Waals surface area contributed by atoms with E-state index in [-0.39, 0.29) is 0 Å². The molecule has 2 aromatic carbocycles. The number of hydrogen-bond acceptors (Lipinski definition) is 2. The van der Waals surface area contributed by atoms with Gasteiger partial charge in [0.1, 0.15) is 5.75 Å². The van der Waals surface area contributed by atoms with Gasteiger partial charge >= 0.3 is 0 Å². The first-order valence-corrected chi connectivity index (χ1v) is 6.61. The fourth-order valence-electron chi connectivity index (χ4n) is 2.04. The average Bonchev–Trinajstić information content (AvgIpc) is 2.38. The van der Waals surface area contributed by atoms with Gasteiger partial charge in [-0.2, -0.15) is 0 Å². The molecule has 0 aliphatic heterocycles. The van der Waals surface area contributed by atoms with Gasteiger partial charge in [0, 0.05) is 17.3 Å². The van der Waals surface area contributed by atoms with Crippen molar-refractivity contribution in [3.63, 3.8) is 0 Å². The van der Waals surface area contributed by atoms with Gasteiger partial charge in [-0.25, -0.2) is 0 Å². The molecule has 0 unspecified atom stereocenters. The molecular formula is C16H18ClNO. The Morgan fingerprint density at radius 3 is 2.47 bits per heavy atom. The normalized spacial score (nSPS) is 10.3. The van der Waals surface area contributed by atoms with Crippen LogP contribution in [0.3, 0.4) is 0 Å². The van der Waals surface area contributed by atoms with E-state index < -0.39 is 0 Å². The van der Waals surface area contributed by atoms with Crippen molar-refractivity contribution in [1.29, 1.82) is 0 Å². The molecule has 0 heterocycles.